The lowest BCUT2D eigenvalue weighted by Crippen LogP contribution is -1.93. The van der Waals surface area contributed by atoms with Crippen LogP contribution in [-0.4, -0.2) is 5.01 Å². The van der Waals surface area contributed by atoms with E-state index in [4.69, 9.17) is 0 Å². The first kappa shape index (κ1) is 5.88. The summed E-state index contributed by atoms with van der Waals surface area (Å²) in [6.45, 7) is 6.53. The van der Waals surface area contributed by atoms with Crippen molar-refractivity contribution in [2.24, 2.45) is 5.29 Å². The molecule has 3 heteroatoms. The van der Waals surface area contributed by atoms with Gasteiger partial charge in [0.25, 0.3) is 0 Å². The van der Waals surface area contributed by atoms with E-state index >= 15 is 0 Å². The van der Waals surface area contributed by atoms with E-state index in [-0.39, 0.29) is 0 Å². The van der Waals surface area contributed by atoms with Crippen LogP contribution in [0.1, 0.15) is 0 Å². The summed E-state index contributed by atoms with van der Waals surface area (Å²) in [6, 6.07) is 0. The molecule has 0 saturated carbocycles. The molecular weight excluding hydrogens is 92.1 g/mol. The molecule has 0 aromatic carbocycles. The van der Waals surface area contributed by atoms with Gasteiger partial charge < -0.3 is 0 Å². The smallest absolute Gasteiger partial charge is 0.0612 e. The molecule has 0 atom stereocenters. The van der Waals surface area contributed by atoms with Crippen molar-refractivity contribution in [3.63, 3.8) is 0 Å². The molecular formula is C4H6N2O. The van der Waals surface area contributed by atoms with E-state index in [1.807, 2.05) is 0 Å². The molecule has 38 valence electrons. The highest BCUT2D eigenvalue weighted by Crippen LogP contribution is 1.85. The van der Waals surface area contributed by atoms with E-state index in [2.05, 4.69) is 18.4 Å². The minimum atomic E-state index is 0.972. The van der Waals surface area contributed by atoms with Gasteiger partial charge in [-0.3, -0.25) is 0 Å². The third kappa shape index (κ3) is 1.70. The summed E-state index contributed by atoms with van der Waals surface area (Å²) < 4.78 is 0. The molecule has 0 heterocycles. The van der Waals surface area contributed by atoms with Crippen LogP contribution in [0.5, 0.6) is 0 Å². The van der Waals surface area contributed by atoms with Crippen molar-refractivity contribution in [2.75, 3.05) is 0 Å². The Hall–Kier alpha value is -1.12. The molecule has 0 rings (SSSR count). The van der Waals surface area contributed by atoms with Gasteiger partial charge >= 0.3 is 0 Å². The van der Waals surface area contributed by atoms with E-state index in [1.54, 1.807) is 0 Å². The van der Waals surface area contributed by atoms with Gasteiger partial charge in [-0.05, 0) is 0 Å². The van der Waals surface area contributed by atoms with Crippen molar-refractivity contribution in [1.29, 1.82) is 0 Å². The predicted octanol–water partition coefficient (Wildman–Crippen LogP) is 1.26. The van der Waals surface area contributed by atoms with Gasteiger partial charge in [0.15, 0.2) is 0 Å². The monoisotopic (exact) mass is 98.0 g/mol. The van der Waals surface area contributed by atoms with Crippen LogP contribution in [-0.2, 0) is 0 Å². The molecule has 0 aliphatic heterocycles. The Kier molecular flexibility index (Phi) is 2.59. The summed E-state index contributed by atoms with van der Waals surface area (Å²) in [7, 11) is 0. The normalized spacial score (nSPS) is 6.86. The second-order valence-corrected chi connectivity index (χ2v) is 0.827. The standard InChI is InChI=1S/C4H6N2O/c1-3-6(4-2)5-7/h3-4H,1-2H2. The van der Waals surface area contributed by atoms with Crippen LogP contribution in [0.15, 0.2) is 30.8 Å². The van der Waals surface area contributed by atoms with E-state index in [1.165, 1.54) is 12.4 Å². The Balaban J connectivity index is 3.57. The van der Waals surface area contributed by atoms with E-state index in [9.17, 15) is 4.91 Å². The molecule has 3 nitrogen and oxygen atoms in total. The third-order valence-corrected chi connectivity index (χ3v) is 0.468. The van der Waals surface area contributed by atoms with Crippen LogP contribution in [0, 0.1) is 4.91 Å². The quantitative estimate of drug-likeness (QED) is 0.393. The molecule has 0 N–H and O–H groups in total. The summed E-state index contributed by atoms with van der Waals surface area (Å²) in [5.41, 5.74) is 0. The molecule has 0 aliphatic rings. The highest BCUT2D eigenvalue weighted by molar-refractivity contribution is 4.75. The molecule has 0 aromatic heterocycles. The Morgan fingerprint density at radius 3 is 1.86 bits per heavy atom. The fourth-order valence-electron chi connectivity index (χ4n) is 0.141. The zero-order valence-electron chi connectivity index (χ0n) is 3.87. The zero-order chi connectivity index (χ0) is 5.70. The highest BCUT2D eigenvalue weighted by atomic mass is 16.3. The first-order valence-corrected chi connectivity index (χ1v) is 1.72. The molecule has 0 spiro atoms. The fourth-order valence-corrected chi connectivity index (χ4v) is 0.141. The van der Waals surface area contributed by atoms with Gasteiger partial charge in [-0.25, -0.2) is 5.01 Å². The minimum Gasteiger partial charge on any atom is -0.213 e. The molecule has 0 amide bonds. The van der Waals surface area contributed by atoms with Crippen LogP contribution < -0.4 is 0 Å². The zero-order valence-corrected chi connectivity index (χ0v) is 3.87. The van der Waals surface area contributed by atoms with Gasteiger partial charge in [0.1, 0.15) is 0 Å². The maximum Gasteiger partial charge on any atom is 0.0612 e. The first-order valence-electron chi connectivity index (χ1n) is 1.72. The topological polar surface area (TPSA) is 32.7 Å². The number of hydrogen-bond donors (Lipinski definition) is 0. The molecule has 0 bridgehead atoms. The van der Waals surface area contributed by atoms with Gasteiger partial charge in [0, 0.05) is 12.4 Å². The van der Waals surface area contributed by atoms with Crippen molar-refractivity contribution in [3.05, 3.63) is 30.5 Å². The summed E-state index contributed by atoms with van der Waals surface area (Å²) >= 11 is 0. The summed E-state index contributed by atoms with van der Waals surface area (Å²) in [5, 5.41) is 3.44. The summed E-state index contributed by atoms with van der Waals surface area (Å²) in [5.74, 6) is 0. The van der Waals surface area contributed by atoms with Gasteiger partial charge in [-0.2, -0.15) is 0 Å². The van der Waals surface area contributed by atoms with E-state index in [0.29, 0.717) is 0 Å². The lowest BCUT2D eigenvalue weighted by Gasteiger charge is -1.95. The first-order chi connectivity index (χ1) is 3.35. The average molecular weight is 98.1 g/mol. The Morgan fingerprint density at radius 1 is 1.43 bits per heavy atom. The number of nitrogens with zero attached hydrogens (tertiary/aromatic N) is 2. The Bertz CT molecular complexity index is 70.7. The van der Waals surface area contributed by atoms with Crippen LogP contribution in [0.25, 0.3) is 0 Å². The van der Waals surface area contributed by atoms with Gasteiger partial charge in [0.2, 0.25) is 0 Å². The van der Waals surface area contributed by atoms with Crippen molar-refractivity contribution in [2.45, 2.75) is 0 Å². The van der Waals surface area contributed by atoms with Crippen LogP contribution in [0.3, 0.4) is 0 Å². The third-order valence-electron chi connectivity index (χ3n) is 0.468. The molecule has 7 heavy (non-hydrogen) atoms. The average Bonchev–Trinajstić information content (AvgIpc) is 1.72. The Morgan fingerprint density at radius 2 is 1.86 bits per heavy atom. The summed E-state index contributed by atoms with van der Waals surface area (Å²) in [4.78, 5) is 9.50. The van der Waals surface area contributed by atoms with Crippen molar-refractivity contribution >= 4 is 0 Å². The van der Waals surface area contributed by atoms with Gasteiger partial charge in [-0.15, -0.1) is 4.91 Å². The minimum absolute atomic E-state index is 0.972. The maximum atomic E-state index is 9.50. The SMILES string of the molecule is C=CN(C=C)N=O. The fraction of sp³-hybridized carbons (Fsp3) is 0. The van der Waals surface area contributed by atoms with Crippen molar-refractivity contribution in [1.82, 2.24) is 5.01 Å². The van der Waals surface area contributed by atoms with E-state index < -0.39 is 0 Å². The van der Waals surface area contributed by atoms with Crippen molar-refractivity contribution in [3.8, 4) is 0 Å². The number of hydrogen-bond acceptors (Lipinski definition) is 2. The lowest BCUT2D eigenvalue weighted by molar-refractivity contribution is 0.542. The second-order valence-electron chi connectivity index (χ2n) is 0.827. The molecule has 0 aliphatic carbocycles. The van der Waals surface area contributed by atoms with Crippen LogP contribution >= 0.6 is 0 Å². The molecule has 0 saturated heterocycles. The van der Waals surface area contributed by atoms with Gasteiger partial charge in [-0.1, -0.05) is 13.2 Å². The number of rotatable bonds is 3. The van der Waals surface area contributed by atoms with Crippen molar-refractivity contribution < 1.29 is 0 Å². The maximum absolute atomic E-state index is 9.50. The van der Waals surface area contributed by atoms with Crippen LogP contribution in [0.2, 0.25) is 0 Å². The lowest BCUT2D eigenvalue weighted by atomic mass is 10.9. The predicted molar refractivity (Wildman–Crippen MR) is 28.0 cm³/mol. The Labute approximate surface area is 41.9 Å². The summed E-state index contributed by atoms with van der Waals surface area (Å²) in [6.07, 6.45) is 2.53. The molecule has 0 radical (unpaired) electrons. The number of nitroso groups, excluding NO2 is 1. The van der Waals surface area contributed by atoms with Gasteiger partial charge in [0.05, 0.1) is 5.29 Å². The molecule has 0 aromatic rings. The molecule has 0 unspecified atom stereocenters. The highest BCUT2D eigenvalue weighted by Gasteiger charge is 1.80. The van der Waals surface area contributed by atoms with E-state index in [0.717, 1.165) is 5.01 Å². The van der Waals surface area contributed by atoms with Crippen LogP contribution in [0.4, 0.5) is 0 Å². The second kappa shape index (κ2) is 3.08. The molecule has 0 fully saturated rings. The largest absolute Gasteiger partial charge is 0.213 e.